The van der Waals surface area contributed by atoms with Crippen molar-refractivity contribution in [3.63, 3.8) is 0 Å². The van der Waals surface area contributed by atoms with Crippen LogP contribution < -0.4 is 5.32 Å². The van der Waals surface area contributed by atoms with Gasteiger partial charge in [-0.25, -0.2) is 9.97 Å². The number of aromatic nitrogens is 2. The van der Waals surface area contributed by atoms with Crippen LogP contribution in [0.2, 0.25) is 0 Å². The average Bonchev–Trinajstić information content (AvgIpc) is 2.91. The molecule has 2 aromatic rings. The van der Waals surface area contributed by atoms with Gasteiger partial charge >= 0.3 is 0 Å². The predicted octanol–water partition coefficient (Wildman–Crippen LogP) is 3.13. The zero-order chi connectivity index (χ0) is 13.1. The van der Waals surface area contributed by atoms with Gasteiger partial charge < -0.3 is 14.8 Å². The largest absolute Gasteiger partial charge is 0.376 e. The van der Waals surface area contributed by atoms with E-state index < -0.39 is 0 Å². The summed E-state index contributed by atoms with van der Waals surface area (Å²) in [6.07, 6.45) is 1.69. The Balaban J connectivity index is 1.68. The van der Waals surface area contributed by atoms with Gasteiger partial charge in [0, 0.05) is 16.0 Å². The highest BCUT2D eigenvalue weighted by molar-refractivity contribution is 9.10. The Hall–Kier alpha value is -1.02. The lowest BCUT2D eigenvalue weighted by atomic mass is 10.3. The first-order valence-electron chi connectivity index (χ1n) is 5.84. The topological polar surface area (TPSA) is 56.3 Å². The summed E-state index contributed by atoms with van der Waals surface area (Å²) in [5.41, 5.74) is 0.907. The van der Waals surface area contributed by atoms with E-state index >= 15 is 0 Å². The van der Waals surface area contributed by atoms with Crippen LogP contribution in [0.5, 0.6) is 0 Å². The Labute approximate surface area is 123 Å². The maximum absolute atomic E-state index is 5.61. The molecule has 1 aliphatic rings. The van der Waals surface area contributed by atoms with Crippen molar-refractivity contribution in [2.75, 3.05) is 25.1 Å². The molecule has 1 saturated heterocycles. The summed E-state index contributed by atoms with van der Waals surface area (Å²) in [6.45, 7) is 1.85. The third-order valence-electron chi connectivity index (χ3n) is 2.63. The molecular weight excluding hydrogens is 330 g/mol. The van der Waals surface area contributed by atoms with Crippen molar-refractivity contribution in [2.45, 2.75) is 6.10 Å². The van der Waals surface area contributed by atoms with Crippen LogP contribution in [0, 0.1) is 0 Å². The number of hydrogen-bond donors (Lipinski definition) is 1. The first-order chi connectivity index (χ1) is 9.31. The molecule has 3 rings (SSSR count). The predicted molar refractivity (Wildman–Crippen MR) is 76.8 cm³/mol. The van der Waals surface area contributed by atoms with Gasteiger partial charge in [-0.3, -0.25) is 0 Å². The standard InChI is InChI=1S/C12H12BrN3O2S/c13-8-1-2-11(14-5-8)16-12-15-9(7-19-12)10-6-17-3-4-18-10/h1-2,5,7,10H,3-4,6H2,(H,14,15,16). The number of thiazole rings is 1. The monoisotopic (exact) mass is 341 g/mol. The molecule has 1 fully saturated rings. The van der Waals surface area contributed by atoms with Crippen LogP contribution in [0.3, 0.4) is 0 Å². The number of nitrogens with zero attached hydrogens (tertiary/aromatic N) is 2. The first kappa shape index (κ1) is 13.0. The molecule has 5 nitrogen and oxygen atoms in total. The highest BCUT2D eigenvalue weighted by Crippen LogP contribution is 2.26. The lowest BCUT2D eigenvalue weighted by Crippen LogP contribution is -2.22. The van der Waals surface area contributed by atoms with E-state index in [4.69, 9.17) is 9.47 Å². The second-order valence-electron chi connectivity index (χ2n) is 4.00. The molecule has 1 N–H and O–H groups in total. The quantitative estimate of drug-likeness (QED) is 0.929. The van der Waals surface area contributed by atoms with E-state index in [-0.39, 0.29) is 6.10 Å². The summed E-state index contributed by atoms with van der Waals surface area (Å²) >= 11 is 4.89. The van der Waals surface area contributed by atoms with Gasteiger partial charge in [-0.2, -0.15) is 0 Å². The second kappa shape index (κ2) is 5.96. The maximum atomic E-state index is 5.61. The molecule has 3 heterocycles. The van der Waals surface area contributed by atoms with Crippen molar-refractivity contribution in [2.24, 2.45) is 0 Å². The number of hydrogen-bond acceptors (Lipinski definition) is 6. The molecule has 0 radical (unpaired) electrons. The van der Waals surface area contributed by atoms with Gasteiger partial charge in [0.15, 0.2) is 5.13 Å². The van der Waals surface area contributed by atoms with Crippen molar-refractivity contribution in [3.05, 3.63) is 33.9 Å². The summed E-state index contributed by atoms with van der Waals surface area (Å²) in [6, 6.07) is 3.83. The zero-order valence-electron chi connectivity index (χ0n) is 10.0. The lowest BCUT2D eigenvalue weighted by molar-refractivity contribution is -0.0915. The number of rotatable bonds is 3. The summed E-state index contributed by atoms with van der Waals surface area (Å²) in [5, 5.41) is 5.96. The molecule has 19 heavy (non-hydrogen) atoms. The van der Waals surface area contributed by atoms with Gasteiger partial charge in [0.1, 0.15) is 11.9 Å². The summed E-state index contributed by atoms with van der Waals surface area (Å²) in [4.78, 5) is 8.75. The molecule has 100 valence electrons. The van der Waals surface area contributed by atoms with Crippen LogP contribution in [-0.4, -0.2) is 29.8 Å². The van der Waals surface area contributed by atoms with E-state index in [0.717, 1.165) is 21.1 Å². The van der Waals surface area contributed by atoms with Crippen LogP contribution in [-0.2, 0) is 9.47 Å². The number of pyridine rings is 1. The smallest absolute Gasteiger partial charge is 0.188 e. The van der Waals surface area contributed by atoms with Crippen LogP contribution >= 0.6 is 27.3 Å². The zero-order valence-corrected chi connectivity index (χ0v) is 12.4. The van der Waals surface area contributed by atoms with Crippen LogP contribution in [0.1, 0.15) is 11.8 Å². The van der Waals surface area contributed by atoms with Crippen molar-refractivity contribution in [1.82, 2.24) is 9.97 Å². The number of halogens is 1. The van der Waals surface area contributed by atoms with Crippen LogP contribution in [0.15, 0.2) is 28.2 Å². The van der Waals surface area contributed by atoms with E-state index in [1.54, 1.807) is 6.20 Å². The minimum Gasteiger partial charge on any atom is -0.376 e. The molecular formula is C12H12BrN3O2S. The normalized spacial score (nSPS) is 19.3. The molecule has 7 heteroatoms. The molecule has 2 aromatic heterocycles. The molecule has 0 aliphatic carbocycles. The molecule has 1 atom stereocenters. The van der Waals surface area contributed by atoms with Crippen LogP contribution in [0.25, 0.3) is 0 Å². The summed E-state index contributed by atoms with van der Waals surface area (Å²) < 4.78 is 11.9. The Bertz CT molecular complexity index is 540. The van der Waals surface area contributed by atoms with Crippen molar-refractivity contribution >= 4 is 38.2 Å². The van der Waals surface area contributed by atoms with Gasteiger partial charge in [-0.05, 0) is 28.1 Å². The third-order valence-corrected chi connectivity index (χ3v) is 3.88. The SMILES string of the molecule is Brc1ccc(Nc2nc(C3COCCO3)cs2)nc1. The lowest BCUT2D eigenvalue weighted by Gasteiger charge is -2.21. The molecule has 0 amide bonds. The maximum Gasteiger partial charge on any atom is 0.188 e. The van der Waals surface area contributed by atoms with Crippen molar-refractivity contribution in [1.29, 1.82) is 0 Å². The molecule has 1 aliphatic heterocycles. The second-order valence-corrected chi connectivity index (χ2v) is 5.77. The van der Waals surface area contributed by atoms with Gasteiger partial charge in [-0.1, -0.05) is 0 Å². The van der Waals surface area contributed by atoms with Crippen LogP contribution in [0.4, 0.5) is 10.9 Å². The minimum absolute atomic E-state index is 0.0570. The van der Waals surface area contributed by atoms with Gasteiger partial charge in [-0.15, -0.1) is 11.3 Å². The Morgan fingerprint density at radius 3 is 3.05 bits per heavy atom. The van der Waals surface area contributed by atoms with E-state index in [1.807, 2.05) is 17.5 Å². The summed E-state index contributed by atoms with van der Waals surface area (Å²) in [5.74, 6) is 0.768. The fourth-order valence-corrected chi connectivity index (χ4v) is 2.70. The average molecular weight is 342 g/mol. The summed E-state index contributed by atoms with van der Waals surface area (Å²) in [7, 11) is 0. The minimum atomic E-state index is -0.0570. The van der Waals surface area contributed by atoms with E-state index in [1.165, 1.54) is 11.3 Å². The third kappa shape index (κ3) is 3.30. The highest BCUT2D eigenvalue weighted by Gasteiger charge is 2.19. The number of nitrogens with one attached hydrogen (secondary N) is 1. The molecule has 1 unspecified atom stereocenters. The molecule has 0 bridgehead atoms. The van der Waals surface area contributed by atoms with Gasteiger partial charge in [0.05, 0.1) is 25.5 Å². The van der Waals surface area contributed by atoms with E-state index in [2.05, 4.69) is 31.2 Å². The Morgan fingerprint density at radius 2 is 2.32 bits per heavy atom. The molecule has 0 saturated carbocycles. The fourth-order valence-electron chi connectivity index (χ4n) is 1.71. The fraction of sp³-hybridized carbons (Fsp3) is 0.333. The highest BCUT2D eigenvalue weighted by atomic mass is 79.9. The number of ether oxygens (including phenoxy) is 2. The van der Waals surface area contributed by atoms with Gasteiger partial charge in [0.25, 0.3) is 0 Å². The Morgan fingerprint density at radius 1 is 1.37 bits per heavy atom. The van der Waals surface area contributed by atoms with Crippen molar-refractivity contribution < 1.29 is 9.47 Å². The van der Waals surface area contributed by atoms with E-state index in [9.17, 15) is 0 Å². The molecule has 0 spiro atoms. The first-order valence-corrected chi connectivity index (χ1v) is 7.52. The van der Waals surface area contributed by atoms with Gasteiger partial charge in [0.2, 0.25) is 0 Å². The number of anilines is 2. The molecule has 0 aromatic carbocycles. The van der Waals surface area contributed by atoms with Crippen molar-refractivity contribution in [3.8, 4) is 0 Å². The Kier molecular flexibility index (Phi) is 4.07. The van der Waals surface area contributed by atoms with E-state index in [0.29, 0.717) is 19.8 Å².